The highest BCUT2D eigenvalue weighted by Gasteiger charge is 2.12. The van der Waals surface area contributed by atoms with Crippen LogP contribution in [0.25, 0.3) is 11.0 Å². The number of nitrogens with one attached hydrogen (secondary N) is 1. The van der Waals surface area contributed by atoms with Crippen LogP contribution in [0.3, 0.4) is 0 Å². The molecule has 4 rings (SSSR count). The van der Waals surface area contributed by atoms with Gasteiger partial charge in [0.2, 0.25) is 5.91 Å². The van der Waals surface area contributed by atoms with Crippen molar-refractivity contribution in [3.8, 4) is 0 Å². The number of benzene rings is 3. The number of amides is 1. The van der Waals surface area contributed by atoms with Gasteiger partial charge in [0, 0.05) is 13.0 Å². The monoisotopic (exact) mass is 411 g/mol. The molecule has 4 nitrogen and oxygen atoms in total. The predicted molar refractivity (Wildman–Crippen MR) is 126 cm³/mol. The van der Waals surface area contributed by atoms with E-state index in [9.17, 15) is 4.79 Å². The molecule has 0 radical (unpaired) electrons. The van der Waals surface area contributed by atoms with E-state index in [4.69, 9.17) is 4.98 Å². The number of imidazole rings is 1. The van der Waals surface area contributed by atoms with E-state index in [0.29, 0.717) is 13.0 Å². The summed E-state index contributed by atoms with van der Waals surface area (Å²) in [6, 6.07) is 27.2. The number of rotatable bonds is 9. The molecule has 1 N–H and O–H groups in total. The number of nitrogens with zero attached hydrogens (tertiary/aromatic N) is 2. The van der Waals surface area contributed by atoms with E-state index in [1.54, 1.807) is 0 Å². The van der Waals surface area contributed by atoms with Crippen molar-refractivity contribution < 1.29 is 4.79 Å². The molecule has 31 heavy (non-hydrogen) atoms. The fourth-order valence-electron chi connectivity index (χ4n) is 3.87. The molecule has 0 fully saturated rings. The second-order valence-corrected chi connectivity index (χ2v) is 8.02. The first kappa shape index (κ1) is 20.9. The molecule has 1 amide bonds. The van der Waals surface area contributed by atoms with Gasteiger partial charge in [-0.05, 0) is 49.4 Å². The number of aromatic nitrogens is 2. The first-order chi connectivity index (χ1) is 15.2. The summed E-state index contributed by atoms with van der Waals surface area (Å²) >= 11 is 0. The van der Waals surface area contributed by atoms with Crippen LogP contribution in [0.15, 0.2) is 78.9 Å². The highest BCUT2D eigenvalue weighted by atomic mass is 16.1. The summed E-state index contributed by atoms with van der Waals surface area (Å²) in [7, 11) is 0. The Morgan fingerprint density at radius 3 is 2.39 bits per heavy atom. The Morgan fingerprint density at radius 2 is 1.58 bits per heavy atom. The van der Waals surface area contributed by atoms with E-state index in [2.05, 4.69) is 71.4 Å². The van der Waals surface area contributed by atoms with Gasteiger partial charge in [0.05, 0.1) is 17.6 Å². The molecule has 4 heteroatoms. The molecule has 0 aliphatic heterocycles. The molecule has 0 aliphatic carbocycles. The van der Waals surface area contributed by atoms with Crippen molar-refractivity contribution in [2.75, 3.05) is 0 Å². The maximum absolute atomic E-state index is 12.4. The predicted octanol–water partition coefficient (Wildman–Crippen LogP) is 5.23. The molecule has 4 aromatic rings. The van der Waals surface area contributed by atoms with E-state index in [-0.39, 0.29) is 5.91 Å². The highest BCUT2D eigenvalue weighted by Crippen LogP contribution is 2.17. The summed E-state index contributed by atoms with van der Waals surface area (Å²) in [6.45, 7) is 3.38. The van der Waals surface area contributed by atoms with Crippen LogP contribution in [0.5, 0.6) is 0 Å². The van der Waals surface area contributed by atoms with Gasteiger partial charge < -0.3 is 9.88 Å². The van der Waals surface area contributed by atoms with Crippen LogP contribution in [0.2, 0.25) is 0 Å². The lowest BCUT2D eigenvalue weighted by Gasteiger charge is -2.11. The van der Waals surface area contributed by atoms with Gasteiger partial charge in [-0.2, -0.15) is 0 Å². The lowest BCUT2D eigenvalue weighted by Crippen LogP contribution is -2.24. The van der Waals surface area contributed by atoms with Crippen molar-refractivity contribution in [3.05, 3.63) is 101 Å². The average Bonchev–Trinajstić information content (AvgIpc) is 3.16. The molecule has 0 saturated carbocycles. The second-order valence-electron chi connectivity index (χ2n) is 8.02. The quantitative estimate of drug-likeness (QED) is 0.410. The van der Waals surface area contributed by atoms with Crippen LogP contribution in [-0.2, 0) is 30.7 Å². The molecule has 0 unspecified atom stereocenters. The van der Waals surface area contributed by atoms with Crippen LogP contribution in [0, 0.1) is 6.92 Å². The van der Waals surface area contributed by atoms with Gasteiger partial charge in [0.1, 0.15) is 5.82 Å². The van der Waals surface area contributed by atoms with Crippen molar-refractivity contribution in [3.63, 3.8) is 0 Å². The number of aryl methyl sites for hydroxylation is 4. The Kier molecular flexibility index (Phi) is 6.78. The molecule has 0 aliphatic rings. The second kappa shape index (κ2) is 10.1. The fraction of sp³-hybridized carbons (Fsp3) is 0.259. The van der Waals surface area contributed by atoms with Crippen molar-refractivity contribution in [1.82, 2.24) is 14.9 Å². The van der Waals surface area contributed by atoms with Crippen LogP contribution in [0.4, 0.5) is 0 Å². The third-order valence-corrected chi connectivity index (χ3v) is 5.63. The molecular weight excluding hydrogens is 382 g/mol. The molecule has 1 heterocycles. The summed E-state index contributed by atoms with van der Waals surface area (Å²) in [5, 5.41) is 3.07. The van der Waals surface area contributed by atoms with Crippen LogP contribution in [0.1, 0.15) is 35.4 Å². The SMILES string of the molecule is Cc1ccc(CCCC(=O)NCc2nc3ccccc3n2CCc2ccccc2)cc1. The van der Waals surface area contributed by atoms with Gasteiger partial charge >= 0.3 is 0 Å². The Hall–Kier alpha value is -3.40. The minimum Gasteiger partial charge on any atom is -0.349 e. The lowest BCUT2D eigenvalue weighted by molar-refractivity contribution is -0.121. The van der Waals surface area contributed by atoms with Gasteiger partial charge in [-0.25, -0.2) is 4.98 Å². The number of hydrogen-bond donors (Lipinski definition) is 1. The van der Waals surface area contributed by atoms with E-state index in [1.165, 1.54) is 16.7 Å². The normalized spacial score (nSPS) is 11.0. The summed E-state index contributed by atoms with van der Waals surface area (Å²) in [5.74, 6) is 0.984. The maximum atomic E-state index is 12.4. The van der Waals surface area contributed by atoms with Crippen LogP contribution >= 0.6 is 0 Å². The molecule has 0 saturated heterocycles. The Morgan fingerprint density at radius 1 is 0.871 bits per heavy atom. The fourth-order valence-corrected chi connectivity index (χ4v) is 3.87. The van der Waals surface area contributed by atoms with Crippen molar-refractivity contribution in [1.29, 1.82) is 0 Å². The Labute approximate surface area is 183 Å². The van der Waals surface area contributed by atoms with Gasteiger partial charge in [-0.15, -0.1) is 0 Å². The maximum Gasteiger partial charge on any atom is 0.220 e. The van der Waals surface area contributed by atoms with Gasteiger partial charge in [-0.3, -0.25) is 4.79 Å². The number of carbonyl (C=O) groups excluding carboxylic acids is 1. The molecule has 0 spiro atoms. The molecular formula is C27H29N3O. The number of para-hydroxylation sites is 2. The third-order valence-electron chi connectivity index (χ3n) is 5.63. The van der Waals surface area contributed by atoms with E-state index < -0.39 is 0 Å². The topological polar surface area (TPSA) is 46.9 Å². The van der Waals surface area contributed by atoms with E-state index >= 15 is 0 Å². The number of hydrogen-bond acceptors (Lipinski definition) is 2. The summed E-state index contributed by atoms with van der Waals surface area (Å²) in [6.07, 6.45) is 3.22. The van der Waals surface area contributed by atoms with Gasteiger partial charge in [0.25, 0.3) is 0 Å². The molecule has 158 valence electrons. The zero-order valence-corrected chi connectivity index (χ0v) is 18.1. The van der Waals surface area contributed by atoms with Gasteiger partial charge in [-0.1, -0.05) is 72.3 Å². The molecule has 0 bridgehead atoms. The minimum absolute atomic E-state index is 0.0776. The average molecular weight is 412 g/mol. The van der Waals surface area contributed by atoms with E-state index in [1.807, 2.05) is 24.3 Å². The number of carbonyl (C=O) groups is 1. The molecule has 1 aromatic heterocycles. The lowest BCUT2D eigenvalue weighted by atomic mass is 10.1. The first-order valence-electron chi connectivity index (χ1n) is 11.0. The number of fused-ring (bicyclic) bond motifs is 1. The molecule has 0 atom stereocenters. The van der Waals surface area contributed by atoms with Crippen molar-refractivity contribution >= 4 is 16.9 Å². The minimum atomic E-state index is 0.0776. The largest absolute Gasteiger partial charge is 0.349 e. The first-order valence-corrected chi connectivity index (χ1v) is 11.0. The highest BCUT2D eigenvalue weighted by molar-refractivity contribution is 5.77. The summed E-state index contributed by atoms with van der Waals surface area (Å²) in [5.41, 5.74) is 5.92. The smallest absolute Gasteiger partial charge is 0.220 e. The van der Waals surface area contributed by atoms with Gasteiger partial charge in [0.15, 0.2) is 0 Å². The Bertz CT molecular complexity index is 1130. The van der Waals surface area contributed by atoms with Crippen LogP contribution < -0.4 is 5.32 Å². The summed E-state index contributed by atoms with van der Waals surface area (Å²) < 4.78 is 2.23. The Balaban J connectivity index is 1.35. The van der Waals surface area contributed by atoms with Crippen LogP contribution in [-0.4, -0.2) is 15.5 Å². The zero-order chi connectivity index (χ0) is 21.5. The standard InChI is InChI=1S/C27H29N3O/c1-21-14-16-23(17-15-21)10-7-13-27(31)28-20-26-29-24-11-5-6-12-25(24)30(26)19-18-22-8-3-2-4-9-22/h2-6,8-9,11-12,14-17H,7,10,13,18-20H2,1H3,(H,28,31). The zero-order valence-electron chi connectivity index (χ0n) is 18.1. The van der Waals surface area contributed by atoms with E-state index in [0.717, 1.165) is 42.7 Å². The third kappa shape index (κ3) is 5.60. The van der Waals surface area contributed by atoms with Crippen molar-refractivity contribution in [2.24, 2.45) is 0 Å². The summed E-state index contributed by atoms with van der Waals surface area (Å²) in [4.78, 5) is 17.2. The van der Waals surface area contributed by atoms with Crippen molar-refractivity contribution in [2.45, 2.75) is 45.7 Å². The molecule has 3 aromatic carbocycles.